The van der Waals surface area contributed by atoms with Crippen LogP contribution in [0.3, 0.4) is 0 Å². The maximum atomic E-state index is 10.1. The molecule has 0 amide bonds. The average Bonchev–Trinajstić information content (AvgIpc) is 2.89. The summed E-state index contributed by atoms with van der Waals surface area (Å²) in [5.74, 6) is 0. The van der Waals surface area contributed by atoms with Crippen molar-refractivity contribution < 1.29 is 5.11 Å². The zero-order valence-corrected chi connectivity index (χ0v) is 7.64. The molecule has 0 unspecified atom stereocenters. The molecule has 0 radical (unpaired) electrons. The molecule has 3 fully saturated rings. The van der Waals surface area contributed by atoms with Gasteiger partial charge in [-0.3, -0.25) is 0 Å². The molecule has 2 nitrogen and oxygen atoms in total. The summed E-state index contributed by atoms with van der Waals surface area (Å²) in [6, 6.07) is 0.403. The number of aliphatic hydroxyl groups excluding tert-OH is 1. The Bertz CT molecular complexity index is 218. The highest BCUT2D eigenvalue weighted by atomic mass is 16.3. The molecule has 0 aliphatic heterocycles. The predicted molar refractivity (Wildman–Crippen MR) is 46.8 cm³/mol. The summed E-state index contributed by atoms with van der Waals surface area (Å²) < 4.78 is 0. The minimum Gasteiger partial charge on any atom is -0.391 e. The molecule has 0 bridgehead atoms. The van der Waals surface area contributed by atoms with Crippen LogP contribution >= 0.6 is 0 Å². The fourth-order valence-corrected chi connectivity index (χ4v) is 3.35. The second-order valence-corrected chi connectivity index (χ2v) is 5.11. The highest BCUT2D eigenvalue weighted by Gasteiger charge is 2.69. The number of aliphatic hydroxyl groups is 1. The highest BCUT2D eigenvalue weighted by Crippen LogP contribution is 2.71. The Kier molecular flexibility index (Phi) is 1.15. The molecular formula is C10H17NO. The van der Waals surface area contributed by atoms with Gasteiger partial charge >= 0.3 is 0 Å². The van der Waals surface area contributed by atoms with Gasteiger partial charge in [-0.15, -0.1) is 0 Å². The third-order valence-corrected chi connectivity index (χ3v) is 4.40. The van der Waals surface area contributed by atoms with Crippen LogP contribution in [0.15, 0.2) is 0 Å². The molecule has 3 aliphatic carbocycles. The lowest BCUT2D eigenvalue weighted by molar-refractivity contribution is 0.0917. The van der Waals surface area contributed by atoms with Crippen molar-refractivity contribution in [1.29, 1.82) is 0 Å². The van der Waals surface area contributed by atoms with Gasteiger partial charge in [0.25, 0.3) is 0 Å². The maximum absolute atomic E-state index is 10.1. The SMILES string of the molecule is CN[C@H]1[C@@H](O)C2(CC2)CC12CC2. The van der Waals surface area contributed by atoms with E-state index in [4.69, 9.17) is 0 Å². The first-order chi connectivity index (χ1) is 5.72. The van der Waals surface area contributed by atoms with Gasteiger partial charge < -0.3 is 10.4 Å². The zero-order chi connectivity index (χ0) is 8.40. The lowest BCUT2D eigenvalue weighted by atomic mass is 9.99. The molecule has 0 heterocycles. The van der Waals surface area contributed by atoms with Crippen LogP contribution in [-0.4, -0.2) is 24.3 Å². The second kappa shape index (κ2) is 1.88. The molecule has 0 aromatic carbocycles. The first kappa shape index (κ1) is 7.34. The van der Waals surface area contributed by atoms with Crippen LogP contribution in [0, 0.1) is 10.8 Å². The van der Waals surface area contributed by atoms with Gasteiger partial charge in [0.1, 0.15) is 0 Å². The fraction of sp³-hybridized carbons (Fsp3) is 1.00. The molecule has 2 N–H and O–H groups in total. The first-order valence-electron chi connectivity index (χ1n) is 5.08. The number of rotatable bonds is 1. The lowest BCUT2D eigenvalue weighted by Crippen LogP contribution is -2.40. The van der Waals surface area contributed by atoms with Gasteiger partial charge in [-0.05, 0) is 50.0 Å². The van der Waals surface area contributed by atoms with Crippen molar-refractivity contribution in [2.75, 3.05) is 7.05 Å². The van der Waals surface area contributed by atoms with E-state index >= 15 is 0 Å². The van der Waals surface area contributed by atoms with Crippen molar-refractivity contribution in [3.05, 3.63) is 0 Å². The summed E-state index contributed by atoms with van der Waals surface area (Å²) in [6.45, 7) is 0. The number of hydrogen-bond donors (Lipinski definition) is 2. The lowest BCUT2D eigenvalue weighted by Gasteiger charge is -2.21. The molecule has 0 aromatic heterocycles. The average molecular weight is 167 g/mol. The molecule has 0 saturated heterocycles. The van der Waals surface area contributed by atoms with Crippen LogP contribution in [0.1, 0.15) is 32.1 Å². The summed E-state index contributed by atoms with van der Waals surface area (Å²) in [5, 5.41) is 13.4. The van der Waals surface area contributed by atoms with Crippen LogP contribution in [0.2, 0.25) is 0 Å². The van der Waals surface area contributed by atoms with Gasteiger partial charge in [0.15, 0.2) is 0 Å². The third kappa shape index (κ3) is 0.686. The smallest absolute Gasteiger partial charge is 0.0754 e. The van der Waals surface area contributed by atoms with Crippen molar-refractivity contribution in [3.63, 3.8) is 0 Å². The minimum atomic E-state index is -0.0509. The molecular weight excluding hydrogens is 150 g/mol. The van der Waals surface area contributed by atoms with E-state index in [9.17, 15) is 5.11 Å². The van der Waals surface area contributed by atoms with E-state index in [1.54, 1.807) is 0 Å². The molecule has 2 atom stereocenters. The van der Waals surface area contributed by atoms with E-state index in [-0.39, 0.29) is 6.10 Å². The zero-order valence-electron chi connectivity index (χ0n) is 7.64. The van der Waals surface area contributed by atoms with Gasteiger partial charge in [0.2, 0.25) is 0 Å². The monoisotopic (exact) mass is 167 g/mol. The highest BCUT2D eigenvalue weighted by molar-refractivity contribution is 5.21. The van der Waals surface area contributed by atoms with Gasteiger partial charge in [-0.25, -0.2) is 0 Å². The van der Waals surface area contributed by atoms with Crippen LogP contribution in [0.4, 0.5) is 0 Å². The third-order valence-electron chi connectivity index (χ3n) is 4.40. The molecule has 3 aliphatic rings. The van der Waals surface area contributed by atoms with Gasteiger partial charge in [-0.1, -0.05) is 0 Å². The molecule has 2 spiro atoms. The summed E-state index contributed by atoms with van der Waals surface area (Å²) >= 11 is 0. The number of nitrogens with one attached hydrogen (secondary N) is 1. The topological polar surface area (TPSA) is 32.3 Å². The summed E-state index contributed by atoms with van der Waals surface area (Å²) in [6.07, 6.45) is 6.48. The Morgan fingerprint density at radius 3 is 2.08 bits per heavy atom. The van der Waals surface area contributed by atoms with E-state index in [0.29, 0.717) is 16.9 Å². The Hall–Kier alpha value is -0.0800. The molecule has 0 aromatic rings. The van der Waals surface area contributed by atoms with Crippen molar-refractivity contribution in [1.82, 2.24) is 5.32 Å². The van der Waals surface area contributed by atoms with E-state index in [2.05, 4.69) is 5.32 Å². The summed E-state index contributed by atoms with van der Waals surface area (Å²) in [5.41, 5.74) is 0.884. The number of likely N-dealkylation sites (N-methyl/N-ethyl adjacent to an activating group) is 1. The summed E-state index contributed by atoms with van der Waals surface area (Å²) in [7, 11) is 2.00. The second-order valence-electron chi connectivity index (χ2n) is 5.11. The molecule has 3 rings (SSSR count). The fourth-order valence-electron chi connectivity index (χ4n) is 3.35. The van der Waals surface area contributed by atoms with Gasteiger partial charge in [0.05, 0.1) is 6.10 Å². The van der Waals surface area contributed by atoms with Crippen molar-refractivity contribution in [2.24, 2.45) is 10.8 Å². The van der Waals surface area contributed by atoms with Crippen molar-refractivity contribution in [2.45, 2.75) is 44.2 Å². The molecule has 3 saturated carbocycles. The molecule has 68 valence electrons. The standard InChI is InChI=1S/C10H17NO/c1-11-7-8(12)10(4-5-10)6-9(7)2-3-9/h7-8,11-12H,2-6H2,1H3/t7-,8+/m0/s1. The largest absolute Gasteiger partial charge is 0.391 e. The maximum Gasteiger partial charge on any atom is 0.0754 e. The Labute approximate surface area is 73.4 Å². The van der Waals surface area contributed by atoms with E-state index < -0.39 is 0 Å². The number of hydrogen-bond acceptors (Lipinski definition) is 2. The van der Waals surface area contributed by atoms with Crippen molar-refractivity contribution in [3.8, 4) is 0 Å². The minimum absolute atomic E-state index is 0.0509. The molecule has 12 heavy (non-hydrogen) atoms. The quantitative estimate of drug-likeness (QED) is 0.608. The van der Waals surface area contributed by atoms with E-state index in [0.717, 1.165) is 0 Å². The predicted octanol–water partition coefficient (Wildman–Crippen LogP) is 0.899. The molecule has 2 heteroatoms. The Morgan fingerprint density at radius 2 is 1.75 bits per heavy atom. The van der Waals surface area contributed by atoms with E-state index in [1.807, 2.05) is 7.05 Å². The Morgan fingerprint density at radius 1 is 1.17 bits per heavy atom. The van der Waals surface area contributed by atoms with Crippen LogP contribution < -0.4 is 5.32 Å². The van der Waals surface area contributed by atoms with E-state index in [1.165, 1.54) is 32.1 Å². The van der Waals surface area contributed by atoms with Crippen LogP contribution in [-0.2, 0) is 0 Å². The Balaban J connectivity index is 1.91. The van der Waals surface area contributed by atoms with Crippen LogP contribution in [0.25, 0.3) is 0 Å². The van der Waals surface area contributed by atoms with Gasteiger partial charge in [-0.2, -0.15) is 0 Å². The van der Waals surface area contributed by atoms with Gasteiger partial charge in [0, 0.05) is 6.04 Å². The van der Waals surface area contributed by atoms with Crippen molar-refractivity contribution >= 4 is 0 Å². The van der Waals surface area contributed by atoms with Crippen LogP contribution in [0.5, 0.6) is 0 Å². The normalized spacial score (nSPS) is 45.5. The summed E-state index contributed by atoms with van der Waals surface area (Å²) in [4.78, 5) is 0. The first-order valence-corrected chi connectivity index (χ1v) is 5.08.